The quantitative estimate of drug-likeness (QED) is 0.362. The fourth-order valence-corrected chi connectivity index (χ4v) is 2.84. The van der Waals surface area contributed by atoms with Crippen LogP contribution in [-0.2, 0) is 6.54 Å². The van der Waals surface area contributed by atoms with Crippen LogP contribution in [0.25, 0.3) is 0 Å². The molecule has 0 aliphatic carbocycles. The monoisotopic (exact) mass is 474 g/mol. The van der Waals surface area contributed by atoms with Crippen molar-refractivity contribution in [1.82, 2.24) is 20.5 Å². The summed E-state index contributed by atoms with van der Waals surface area (Å²) >= 11 is 0. The van der Waals surface area contributed by atoms with Crippen molar-refractivity contribution >= 4 is 35.8 Å². The van der Waals surface area contributed by atoms with Crippen molar-refractivity contribution < 1.29 is 0 Å². The molecule has 2 heterocycles. The van der Waals surface area contributed by atoms with E-state index in [2.05, 4.69) is 65.2 Å². The number of aliphatic imine (C=N–C) groups is 1. The number of likely N-dealkylation sites (N-methyl/N-ethyl adjacent to an activating group) is 1. The van der Waals surface area contributed by atoms with E-state index in [-0.39, 0.29) is 24.0 Å². The van der Waals surface area contributed by atoms with Gasteiger partial charge in [-0.3, -0.25) is 0 Å². The maximum absolute atomic E-state index is 4.71. The fraction of sp³-hybridized carbons (Fsp3) is 0.684. The second kappa shape index (κ2) is 12.3. The molecule has 0 radical (unpaired) electrons. The lowest BCUT2D eigenvalue weighted by molar-refractivity contribution is 0.270. The first-order valence-electron chi connectivity index (χ1n) is 9.56. The van der Waals surface area contributed by atoms with Crippen LogP contribution in [-0.4, -0.2) is 61.7 Å². The molecule has 0 unspecified atom stereocenters. The van der Waals surface area contributed by atoms with Crippen molar-refractivity contribution in [2.75, 3.05) is 50.7 Å². The molecule has 0 spiro atoms. The van der Waals surface area contributed by atoms with E-state index in [1.54, 1.807) is 0 Å². The molecule has 7 heteroatoms. The molecule has 26 heavy (non-hydrogen) atoms. The van der Waals surface area contributed by atoms with Gasteiger partial charge < -0.3 is 20.4 Å². The minimum absolute atomic E-state index is 0. The average molecular weight is 474 g/mol. The Bertz CT molecular complexity index is 541. The van der Waals surface area contributed by atoms with Crippen LogP contribution in [0.15, 0.2) is 23.3 Å². The van der Waals surface area contributed by atoms with Crippen molar-refractivity contribution in [3.63, 3.8) is 0 Å². The number of halogens is 1. The molecule has 0 amide bonds. The van der Waals surface area contributed by atoms with E-state index in [0.717, 1.165) is 57.6 Å². The maximum atomic E-state index is 4.71. The van der Waals surface area contributed by atoms with E-state index in [0.29, 0.717) is 12.5 Å². The fourth-order valence-electron chi connectivity index (χ4n) is 2.84. The molecule has 1 aromatic rings. The van der Waals surface area contributed by atoms with E-state index in [1.807, 2.05) is 6.20 Å². The van der Waals surface area contributed by atoms with Crippen LogP contribution >= 0.6 is 24.0 Å². The predicted molar refractivity (Wildman–Crippen MR) is 122 cm³/mol. The summed E-state index contributed by atoms with van der Waals surface area (Å²) in [7, 11) is 0. The van der Waals surface area contributed by atoms with Gasteiger partial charge in [0.05, 0.1) is 6.54 Å². The third-order valence-electron chi connectivity index (χ3n) is 4.40. The van der Waals surface area contributed by atoms with Crippen LogP contribution in [0.3, 0.4) is 0 Å². The Kier molecular flexibility index (Phi) is 10.9. The summed E-state index contributed by atoms with van der Waals surface area (Å²) in [6.07, 6.45) is 1.90. The summed E-state index contributed by atoms with van der Waals surface area (Å²) in [5, 5.41) is 6.69. The van der Waals surface area contributed by atoms with Crippen LogP contribution < -0.4 is 15.5 Å². The molecule has 0 aromatic carbocycles. The lowest BCUT2D eigenvalue weighted by atomic mass is 10.2. The average Bonchev–Trinajstić information content (AvgIpc) is 2.64. The van der Waals surface area contributed by atoms with E-state index in [1.165, 1.54) is 5.56 Å². The van der Waals surface area contributed by atoms with Crippen molar-refractivity contribution in [3.8, 4) is 0 Å². The van der Waals surface area contributed by atoms with E-state index in [4.69, 9.17) is 4.99 Å². The molecule has 1 aromatic heterocycles. The first-order valence-corrected chi connectivity index (χ1v) is 9.56. The van der Waals surface area contributed by atoms with Gasteiger partial charge in [-0.2, -0.15) is 0 Å². The number of pyridine rings is 1. The van der Waals surface area contributed by atoms with Gasteiger partial charge in [0.25, 0.3) is 0 Å². The number of anilines is 1. The largest absolute Gasteiger partial charge is 0.357 e. The minimum atomic E-state index is 0. The summed E-state index contributed by atoms with van der Waals surface area (Å²) < 4.78 is 0. The molecular weight excluding hydrogens is 439 g/mol. The molecule has 148 valence electrons. The molecule has 2 rings (SSSR count). The summed E-state index contributed by atoms with van der Waals surface area (Å²) in [5.41, 5.74) is 1.20. The standard InChI is InChI=1S/C19H34N6.HI/c1-5-20-19(22-14-16(3)4)23-15-17-7-8-21-18(13-17)25-11-9-24(6-2)10-12-25;/h7-8,13,16H,5-6,9-12,14-15H2,1-4H3,(H2,20,22,23);1H. The highest BCUT2D eigenvalue weighted by Gasteiger charge is 2.16. The van der Waals surface area contributed by atoms with Gasteiger partial charge in [-0.05, 0) is 37.1 Å². The second-order valence-electron chi connectivity index (χ2n) is 6.91. The smallest absolute Gasteiger partial charge is 0.191 e. The van der Waals surface area contributed by atoms with Gasteiger partial charge in [0, 0.05) is 45.5 Å². The predicted octanol–water partition coefficient (Wildman–Crippen LogP) is 2.55. The van der Waals surface area contributed by atoms with Crippen LogP contribution in [0, 0.1) is 5.92 Å². The number of aromatic nitrogens is 1. The summed E-state index contributed by atoms with van der Waals surface area (Å²) in [6.45, 7) is 16.6. The molecule has 0 bridgehead atoms. The van der Waals surface area contributed by atoms with Crippen LogP contribution in [0.2, 0.25) is 0 Å². The number of guanidine groups is 1. The van der Waals surface area contributed by atoms with E-state index < -0.39 is 0 Å². The summed E-state index contributed by atoms with van der Waals surface area (Å²) in [5.74, 6) is 2.55. The van der Waals surface area contributed by atoms with Crippen LogP contribution in [0.1, 0.15) is 33.3 Å². The number of hydrogen-bond donors (Lipinski definition) is 2. The van der Waals surface area contributed by atoms with Gasteiger partial charge in [0.2, 0.25) is 0 Å². The zero-order valence-electron chi connectivity index (χ0n) is 16.7. The van der Waals surface area contributed by atoms with Gasteiger partial charge in [0.15, 0.2) is 5.96 Å². The van der Waals surface area contributed by atoms with Gasteiger partial charge in [-0.1, -0.05) is 20.8 Å². The van der Waals surface area contributed by atoms with Gasteiger partial charge >= 0.3 is 0 Å². The normalized spacial score (nSPS) is 15.7. The summed E-state index contributed by atoms with van der Waals surface area (Å²) in [6, 6.07) is 4.23. The van der Waals surface area contributed by atoms with Gasteiger partial charge in [-0.15, -0.1) is 24.0 Å². The first-order chi connectivity index (χ1) is 12.1. The highest BCUT2D eigenvalue weighted by molar-refractivity contribution is 14.0. The third-order valence-corrected chi connectivity index (χ3v) is 4.40. The molecule has 0 atom stereocenters. The molecule has 6 nitrogen and oxygen atoms in total. The van der Waals surface area contributed by atoms with Crippen molar-refractivity contribution in [3.05, 3.63) is 23.9 Å². The van der Waals surface area contributed by atoms with Gasteiger partial charge in [0.1, 0.15) is 5.82 Å². The van der Waals surface area contributed by atoms with E-state index in [9.17, 15) is 0 Å². The third kappa shape index (κ3) is 7.65. The lowest BCUT2D eigenvalue weighted by Crippen LogP contribution is -2.46. The molecule has 1 aliphatic rings. The topological polar surface area (TPSA) is 55.8 Å². The summed E-state index contributed by atoms with van der Waals surface area (Å²) in [4.78, 5) is 14.1. The van der Waals surface area contributed by atoms with E-state index >= 15 is 0 Å². The number of nitrogens with one attached hydrogen (secondary N) is 2. The zero-order valence-corrected chi connectivity index (χ0v) is 19.0. The molecule has 0 saturated carbocycles. The SMILES string of the molecule is CCNC(=NCc1ccnc(N2CCN(CC)CC2)c1)NCC(C)C.I. The lowest BCUT2D eigenvalue weighted by Gasteiger charge is -2.34. The minimum Gasteiger partial charge on any atom is -0.357 e. The van der Waals surface area contributed by atoms with Crippen molar-refractivity contribution in [2.45, 2.75) is 34.2 Å². The Morgan fingerprint density at radius 2 is 1.92 bits per heavy atom. The number of hydrogen-bond acceptors (Lipinski definition) is 4. The highest BCUT2D eigenvalue weighted by atomic mass is 127. The van der Waals surface area contributed by atoms with Gasteiger partial charge in [-0.25, -0.2) is 9.98 Å². The Hall–Kier alpha value is -1.09. The Morgan fingerprint density at radius 1 is 1.19 bits per heavy atom. The Balaban J connectivity index is 0.00000338. The molecule has 1 fully saturated rings. The second-order valence-corrected chi connectivity index (χ2v) is 6.91. The zero-order chi connectivity index (χ0) is 18.1. The molecular formula is C19H35IN6. The number of nitrogens with zero attached hydrogens (tertiary/aromatic N) is 4. The van der Waals surface area contributed by atoms with Crippen molar-refractivity contribution in [1.29, 1.82) is 0 Å². The number of piperazine rings is 1. The molecule has 1 aliphatic heterocycles. The molecule has 1 saturated heterocycles. The van der Waals surface area contributed by atoms with Crippen LogP contribution in [0.4, 0.5) is 5.82 Å². The highest BCUT2D eigenvalue weighted by Crippen LogP contribution is 2.15. The first kappa shape index (κ1) is 23.0. The van der Waals surface area contributed by atoms with Crippen LogP contribution in [0.5, 0.6) is 0 Å². The Labute approximate surface area is 175 Å². The maximum Gasteiger partial charge on any atom is 0.191 e. The molecule has 2 N–H and O–H groups in total. The Morgan fingerprint density at radius 3 is 2.54 bits per heavy atom. The number of rotatable bonds is 7. The van der Waals surface area contributed by atoms with Crippen molar-refractivity contribution in [2.24, 2.45) is 10.9 Å².